The molecule has 0 heterocycles. The number of nitrogens with one attached hydrogen (secondary N) is 1. The van der Waals surface area contributed by atoms with Crippen LogP contribution in [0.15, 0.2) is 30.3 Å². The molecule has 0 aliphatic carbocycles. The summed E-state index contributed by atoms with van der Waals surface area (Å²) in [4.78, 5) is 0. The van der Waals surface area contributed by atoms with Crippen molar-refractivity contribution in [2.45, 2.75) is 25.8 Å². The Labute approximate surface area is 92.6 Å². The zero-order valence-electron chi connectivity index (χ0n) is 9.70. The molecule has 0 radical (unpaired) electrons. The smallest absolute Gasteiger partial charge is 0.0484 e. The molecule has 1 unspecified atom stereocenters. The summed E-state index contributed by atoms with van der Waals surface area (Å²) in [5.74, 6) is 0. The Morgan fingerprint density at radius 3 is 2.53 bits per heavy atom. The van der Waals surface area contributed by atoms with E-state index in [1.165, 1.54) is 5.56 Å². The molecule has 1 N–H and O–H groups in total. The van der Waals surface area contributed by atoms with E-state index in [1.54, 1.807) is 0 Å². The molecular formula is C13H21NO. The third-order valence-electron chi connectivity index (χ3n) is 2.45. The molecule has 1 aromatic rings. The summed E-state index contributed by atoms with van der Waals surface area (Å²) in [5, 5.41) is 3.32. The van der Waals surface area contributed by atoms with E-state index in [4.69, 9.17) is 4.74 Å². The maximum absolute atomic E-state index is 5.50. The van der Waals surface area contributed by atoms with E-state index in [1.807, 2.05) is 13.1 Å². The Balaban J connectivity index is 2.36. The molecule has 84 valence electrons. The molecule has 0 fully saturated rings. The molecule has 0 amide bonds. The second-order valence-electron chi connectivity index (χ2n) is 3.65. The molecule has 0 aromatic heterocycles. The van der Waals surface area contributed by atoms with Gasteiger partial charge in [-0.25, -0.2) is 0 Å². The normalized spacial score (nSPS) is 12.7. The largest absolute Gasteiger partial charge is 0.381 e. The number of rotatable bonds is 7. The van der Waals surface area contributed by atoms with Gasteiger partial charge in [0.15, 0.2) is 0 Å². The van der Waals surface area contributed by atoms with Crippen molar-refractivity contribution < 1.29 is 4.74 Å². The summed E-state index contributed by atoms with van der Waals surface area (Å²) in [5.41, 5.74) is 1.33. The highest BCUT2D eigenvalue weighted by molar-refractivity contribution is 5.18. The molecule has 0 aliphatic heterocycles. The van der Waals surface area contributed by atoms with Crippen molar-refractivity contribution in [2.75, 3.05) is 20.3 Å². The van der Waals surface area contributed by atoms with Crippen LogP contribution in [-0.4, -0.2) is 20.3 Å². The average molecular weight is 207 g/mol. The first kappa shape index (κ1) is 12.2. The quantitative estimate of drug-likeness (QED) is 0.694. The van der Waals surface area contributed by atoms with E-state index in [0.717, 1.165) is 26.1 Å². The summed E-state index contributed by atoms with van der Waals surface area (Å²) in [6.45, 7) is 3.83. The van der Waals surface area contributed by atoms with Gasteiger partial charge in [-0.2, -0.15) is 0 Å². The van der Waals surface area contributed by atoms with E-state index in [2.05, 4.69) is 36.5 Å². The van der Waals surface area contributed by atoms with Crippen LogP contribution < -0.4 is 5.32 Å². The zero-order chi connectivity index (χ0) is 10.9. The van der Waals surface area contributed by atoms with Gasteiger partial charge in [-0.1, -0.05) is 37.3 Å². The van der Waals surface area contributed by atoms with E-state index in [-0.39, 0.29) is 0 Å². The third kappa shape index (κ3) is 4.45. The highest BCUT2D eigenvalue weighted by Gasteiger charge is 2.07. The van der Waals surface area contributed by atoms with Crippen LogP contribution in [0.25, 0.3) is 0 Å². The molecule has 1 rings (SSSR count). The first-order chi connectivity index (χ1) is 7.38. The van der Waals surface area contributed by atoms with Gasteiger partial charge in [0.1, 0.15) is 0 Å². The van der Waals surface area contributed by atoms with E-state index in [9.17, 15) is 0 Å². The molecule has 2 heteroatoms. The van der Waals surface area contributed by atoms with Crippen molar-refractivity contribution >= 4 is 0 Å². The fraction of sp³-hybridized carbons (Fsp3) is 0.538. The first-order valence-corrected chi connectivity index (χ1v) is 5.68. The molecule has 1 atom stereocenters. The molecular weight excluding hydrogens is 186 g/mol. The maximum Gasteiger partial charge on any atom is 0.0484 e. The van der Waals surface area contributed by atoms with Crippen LogP contribution in [0, 0.1) is 0 Å². The van der Waals surface area contributed by atoms with Crippen LogP contribution in [0.1, 0.15) is 31.4 Å². The zero-order valence-corrected chi connectivity index (χ0v) is 9.70. The first-order valence-electron chi connectivity index (χ1n) is 5.68. The highest BCUT2D eigenvalue weighted by Crippen LogP contribution is 2.15. The Morgan fingerprint density at radius 1 is 1.20 bits per heavy atom. The van der Waals surface area contributed by atoms with Crippen molar-refractivity contribution in [1.29, 1.82) is 0 Å². The van der Waals surface area contributed by atoms with E-state index >= 15 is 0 Å². The molecule has 0 bridgehead atoms. The molecule has 1 aromatic carbocycles. The fourth-order valence-corrected chi connectivity index (χ4v) is 1.61. The standard InChI is InChI=1S/C13H21NO/c1-3-10-15-11-9-13(14-2)12-7-5-4-6-8-12/h4-8,13-14H,3,9-11H2,1-2H3. The van der Waals surface area contributed by atoms with Crippen molar-refractivity contribution in [3.63, 3.8) is 0 Å². The fourth-order valence-electron chi connectivity index (χ4n) is 1.61. The van der Waals surface area contributed by atoms with E-state index in [0.29, 0.717) is 6.04 Å². The lowest BCUT2D eigenvalue weighted by Gasteiger charge is -2.16. The van der Waals surface area contributed by atoms with Gasteiger partial charge in [0.05, 0.1) is 0 Å². The lowest BCUT2D eigenvalue weighted by Crippen LogP contribution is -2.18. The van der Waals surface area contributed by atoms with Gasteiger partial charge < -0.3 is 10.1 Å². The molecule has 0 saturated heterocycles. The predicted octanol–water partition coefficient (Wildman–Crippen LogP) is 2.76. The number of hydrogen-bond acceptors (Lipinski definition) is 2. The van der Waals surface area contributed by atoms with Crippen molar-refractivity contribution in [3.05, 3.63) is 35.9 Å². The van der Waals surface area contributed by atoms with Crippen LogP contribution in [-0.2, 0) is 4.74 Å². The third-order valence-corrected chi connectivity index (χ3v) is 2.45. The Kier molecular flexibility index (Phi) is 6.05. The van der Waals surface area contributed by atoms with Crippen molar-refractivity contribution in [2.24, 2.45) is 0 Å². The van der Waals surface area contributed by atoms with Gasteiger partial charge in [0.2, 0.25) is 0 Å². The Bertz CT molecular complexity index is 248. The monoisotopic (exact) mass is 207 g/mol. The van der Waals surface area contributed by atoms with Crippen molar-refractivity contribution in [3.8, 4) is 0 Å². The minimum atomic E-state index is 0.406. The van der Waals surface area contributed by atoms with Crippen LogP contribution in [0.5, 0.6) is 0 Å². The van der Waals surface area contributed by atoms with Crippen molar-refractivity contribution in [1.82, 2.24) is 5.32 Å². The van der Waals surface area contributed by atoms with Gasteiger partial charge in [-0.3, -0.25) is 0 Å². The van der Waals surface area contributed by atoms with Crippen LogP contribution in [0.4, 0.5) is 0 Å². The summed E-state index contributed by atoms with van der Waals surface area (Å²) in [6.07, 6.45) is 2.12. The second-order valence-corrected chi connectivity index (χ2v) is 3.65. The van der Waals surface area contributed by atoms with Gasteiger partial charge >= 0.3 is 0 Å². The second kappa shape index (κ2) is 7.43. The minimum Gasteiger partial charge on any atom is -0.381 e. The molecule has 15 heavy (non-hydrogen) atoms. The maximum atomic E-state index is 5.50. The van der Waals surface area contributed by atoms with Gasteiger partial charge in [-0.15, -0.1) is 0 Å². The van der Waals surface area contributed by atoms with Crippen LogP contribution in [0.2, 0.25) is 0 Å². The summed E-state index contributed by atoms with van der Waals surface area (Å²) in [6, 6.07) is 10.9. The Morgan fingerprint density at radius 2 is 1.93 bits per heavy atom. The minimum absolute atomic E-state index is 0.406. The SMILES string of the molecule is CCCOCCC(NC)c1ccccc1. The summed E-state index contributed by atoms with van der Waals surface area (Å²) >= 11 is 0. The average Bonchev–Trinajstić information content (AvgIpc) is 2.30. The van der Waals surface area contributed by atoms with E-state index < -0.39 is 0 Å². The topological polar surface area (TPSA) is 21.3 Å². The van der Waals surface area contributed by atoms with Gasteiger partial charge in [0.25, 0.3) is 0 Å². The number of benzene rings is 1. The lowest BCUT2D eigenvalue weighted by atomic mass is 10.0. The summed E-state index contributed by atoms with van der Waals surface area (Å²) in [7, 11) is 2.00. The predicted molar refractivity (Wildman–Crippen MR) is 64.0 cm³/mol. The summed E-state index contributed by atoms with van der Waals surface area (Å²) < 4.78 is 5.50. The van der Waals surface area contributed by atoms with Crippen LogP contribution in [0.3, 0.4) is 0 Å². The molecule has 0 saturated carbocycles. The highest BCUT2D eigenvalue weighted by atomic mass is 16.5. The number of hydrogen-bond donors (Lipinski definition) is 1. The molecule has 2 nitrogen and oxygen atoms in total. The molecule has 0 spiro atoms. The van der Waals surface area contributed by atoms with Crippen LogP contribution >= 0.6 is 0 Å². The van der Waals surface area contributed by atoms with Gasteiger partial charge in [-0.05, 0) is 25.5 Å². The number of ether oxygens (including phenoxy) is 1. The van der Waals surface area contributed by atoms with Gasteiger partial charge in [0, 0.05) is 19.3 Å². The molecule has 0 aliphatic rings. The lowest BCUT2D eigenvalue weighted by molar-refractivity contribution is 0.125. The Hall–Kier alpha value is -0.860.